The van der Waals surface area contributed by atoms with Gasteiger partial charge in [0.05, 0.1) is 11.0 Å². The molecule has 0 aliphatic rings. The maximum Gasteiger partial charge on any atom is 0.0542 e. The van der Waals surface area contributed by atoms with Gasteiger partial charge >= 0.3 is 0 Å². The highest BCUT2D eigenvalue weighted by Crippen LogP contribution is 2.40. The van der Waals surface area contributed by atoms with Crippen molar-refractivity contribution in [1.29, 1.82) is 0 Å². The topological polar surface area (TPSA) is 8.17 Å². The van der Waals surface area contributed by atoms with Crippen LogP contribution in [0, 0.1) is 13.8 Å². The van der Waals surface area contributed by atoms with Crippen LogP contribution < -0.4 is 4.90 Å². The molecule has 0 aliphatic heterocycles. The summed E-state index contributed by atoms with van der Waals surface area (Å²) in [7, 11) is 0. The number of hydrogen-bond donors (Lipinski definition) is 0. The van der Waals surface area contributed by atoms with Crippen LogP contribution in [0.15, 0.2) is 146 Å². The Balaban J connectivity index is 1.36. The van der Waals surface area contributed by atoms with Crippen molar-refractivity contribution in [2.45, 2.75) is 33.1 Å². The third-order valence-electron chi connectivity index (χ3n) is 8.84. The molecule has 0 aliphatic carbocycles. The van der Waals surface area contributed by atoms with E-state index >= 15 is 0 Å². The van der Waals surface area contributed by atoms with Crippen LogP contribution in [0.25, 0.3) is 27.5 Å². The molecule has 0 fully saturated rings. The summed E-state index contributed by atoms with van der Waals surface area (Å²) in [6, 6.07) is 53.1. The van der Waals surface area contributed by atoms with E-state index in [1.807, 2.05) is 0 Å². The molecule has 0 atom stereocenters. The van der Waals surface area contributed by atoms with Crippen LogP contribution in [0.3, 0.4) is 0 Å². The molecule has 2 nitrogen and oxygen atoms in total. The van der Waals surface area contributed by atoms with Gasteiger partial charge in [-0.15, -0.1) is 0 Å². The molecule has 0 saturated carbocycles. The molecule has 1 heterocycles. The second-order valence-electron chi connectivity index (χ2n) is 12.1. The van der Waals surface area contributed by atoms with Gasteiger partial charge in [-0.3, -0.25) is 0 Å². The second-order valence-corrected chi connectivity index (χ2v) is 12.1. The number of fused-ring (bicyclic) bond motifs is 3. The van der Waals surface area contributed by atoms with Crippen molar-refractivity contribution in [3.8, 4) is 5.69 Å². The molecule has 0 saturated heterocycles. The fraction of sp³-hybridized carbons (Fsp3) is 0.122. The molecular formula is C41H36N2. The molecule has 0 bridgehead atoms. The summed E-state index contributed by atoms with van der Waals surface area (Å²) < 4.78 is 2.40. The molecule has 43 heavy (non-hydrogen) atoms. The summed E-state index contributed by atoms with van der Waals surface area (Å²) in [5, 5.41) is 2.49. The molecule has 2 heteroatoms. The van der Waals surface area contributed by atoms with Crippen molar-refractivity contribution in [2.24, 2.45) is 0 Å². The van der Waals surface area contributed by atoms with Crippen LogP contribution in [0.1, 0.15) is 36.1 Å². The first-order valence-electron chi connectivity index (χ1n) is 15.0. The van der Waals surface area contributed by atoms with Crippen molar-refractivity contribution >= 4 is 38.9 Å². The van der Waals surface area contributed by atoms with Gasteiger partial charge < -0.3 is 9.47 Å². The average molecular weight is 557 g/mol. The lowest BCUT2D eigenvalue weighted by Gasteiger charge is -2.26. The largest absolute Gasteiger partial charge is 0.310 e. The van der Waals surface area contributed by atoms with Crippen molar-refractivity contribution in [2.75, 3.05) is 4.90 Å². The van der Waals surface area contributed by atoms with E-state index in [0.29, 0.717) is 0 Å². The Kier molecular flexibility index (Phi) is 6.63. The Morgan fingerprint density at radius 3 is 1.60 bits per heavy atom. The molecule has 7 rings (SSSR count). The van der Waals surface area contributed by atoms with Crippen LogP contribution >= 0.6 is 0 Å². The van der Waals surface area contributed by atoms with Gasteiger partial charge in [0.1, 0.15) is 0 Å². The number of hydrogen-bond acceptors (Lipinski definition) is 1. The van der Waals surface area contributed by atoms with Gasteiger partial charge in [0.2, 0.25) is 0 Å². The van der Waals surface area contributed by atoms with Gasteiger partial charge in [0, 0.05) is 38.9 Å². The van der Waals surface area contributed by atoms with Gasteiger partial charge in [-0.1, -0.05) is 110 Å². The summed E-state index contributed by atoms with van der Waals surface area (Å²) in [5.74, 6) is 0. The zero-order chi connectivity index (χ0) is 29.6. The van der Waals surface area contributed by atoms with E-state index in [-0.39, 0.29) is 5.41 Å². The van der Waals surface area contributed by atoms with E-state index in [1.54, 1.807) is 0 Å². The Morgan fingerprint density at radius 2 is 0.977 bits per heavy atom. The number of nitrogens with zero attached hydrogens (tertiary/aromatic N) is 2. The van der Waals surface area contributed by atoms with Gasteiger partial charge in [0.25, 0.3) is 0 Å². The number of benzene rings is 6. The number of aryl methyl sites for hydroxylation is 2. The third kappa shape index (κ3) is 4.79. The van der Waals surface area contributed by atoms with E-state index in [9.17, 15) is 0 Å². The number of anilines is 3. The first kappa shape index (κ1) is 26.8. The molecule has 6 aromatic carbocycles. The summed E-state index contributed by atoms with van der Waals surface area (Å²) in [6.45, 7) is 8.87. The molecule has 210 valence electrons. The molecule has 0 amide bonds. The average Bonchev–Trinajstić information content (AvgIpc) is 3.37. The van der Waals surface area contributed by atoms with Crippen molar-refractivity contribution in [3.05, 3.63) is 168 Å². The predicted molar refractivity (Wildman–Crippen MR) is 184 cm³/mol. The van der Waals surface area contributed by atoms with E-state index in [1.165, 1.54) is 49.7 Å². The quantitative estimate of drug-likeness (QED) is 0.198. The standard InChI is InChI=1S/C41H36N2/c1-29-14-20-33(21-15-29)42(34-22-16-30(2)17-23-34)36-26-27-40-38(28-36)37-12-8-9-13-39(37)43(40)35-24-18-32(19-25-35)41(3,4)31-10-6-5-7-11-31/h5-28H,1-4H3. The van der Waals surface area contributed by atoms with Gasteiger partial charge in [-0.05, 0) is 85.6 Å². The van der Waals surface area contributed by atoms with Crippen LogP contribution in [-0.4, -0.2) is 4.57 Å². The lowest BCUT2D eigenvalue weighted by Crippen LogP contribution is -2.18. The molecule has 1 aromatic heterocycles. The number of aromatic nitrogens is 1. The minimum atomic E-state index is -0.0784. The normalized spacial score (nSPS) is 11.7. The summed E-state index contributed by atoms with van der Waals surface area (Å²) >= 11 is 0. The monoisotopic (exact) mass is 556 g/mol. The van der Waals surface area contributed by atoms with Crippen LogP contribution in [0.2, 0.25) is 0 Å². The minimum Gasteiger partial charge on any atom is -0.310 e. The highest BCUT2D eigenvalue weighted by Gasteiger charge is 2.23. The Hall–Kier alpha value is -5.08. The fourth-order valence-corrected chi connectivity index (χ4v) is 6.26. The lowest BCUT2D eigenvalue weighted by molar-refractivity contribution is 0.641. The zero-order valence-electron chi connectivity index (χ0n) is 25.3. The third-order valence-corrected chi connectivity index (χ3v) is 8.84. The molecule has 0 N–H and O–H groups in total. The highest BCUT2D eigenvalue weighted by atomic mass is 15.1. The maximum atomic E-state index is 2.40. The van der Waals surface area contributed by atoms with Crippen LogP contribution in [-0.2, 0) is 5.41 Å². The molecule has 0 spiro atoms. The van der Waals surface area contributed by atoms with Crippen LogP contribution in [0.5, 0.6) is 0 Å². The summed E-state index contributed by atoms with van der Waals surface area (Å²) in [4.78, 5) is 2.35. The van der Waals surface area contributed by atoms with Gasteiger partial charge in [-0.25, -0.2) is 0 Å². The maximum absolute atomic E-state index is 2.40. The van der Waals surface area contributed by atoms with E-state index in [0.717, 1.165) is 17.1 Å². The molecule has 0 unspecified atom stereocenters. The summed E-state index contributed by atoms with van der Waals surface area (Å²) in [6.07, 6.45) is 0. The molecule has 0 radical (unpaired) electrons. The predicted octanol–water partition coefficient (Wildman–Crippen LogP) is 11.2. The van der Waals surface area contributed by atoms with Crippen molar-refractivity contribution in [3.63, 3.8) is 0 Å². The molecule has 7 aromatic rings. The van der Waals surface area contributed by atoms with Crippen molar-refractivity contribution in [1.82, 2.24) is 4.57 Å². The zero-order valence-corrected chi connectivity index (χ0v) is 25.3. The number of para-hydroxylation sites is 1. The van der Waals surface area contributed by atoms with Crippen molar-refractivity contribution < 1.29 is 0 Å². The Labute approximate surface area is 254 Å². The minimum absolute atomic E-state index is 0.0784. The Bertz CT molecular complexity index is 1980. The first-order chi connectivity index (χ1) is 20.9. The van der Waals surface area contributed by atoms with Gasteiger partial charge in [-0.2, -0.15) is 0 Å². The van der Waals surface area contributed by atoms with E-state index < -0.39 is 0 Å². The van der Waals surface area contributed by atoms with E-state index in [2.05, 4.69) is 183 Å². The molecular weight excluding hydrogens is 520 g/mol. The highest BCUT2D eigenvalue weighted by molar-refractivity contribution is 6.10. The second kappa shape index (κ2) is 10.6. The number of rotatable bonds is 6. The first-order valence-corrected chi connectivity index (χ1v) is 15.0. The lowest BCUT2D eigenvalue weighted by atomic mass is 9.78. The van der Waals surface area contributed by atoms with E-state index in [4.69, 9.17) is 0 Å². The smallest absolute Gasteiger partial charge is 0.0542 e. The SMILES string of the molecule is Cc1ccc(N(c2ccc(C)cc2)c2ccc3c(c2)c2ccccc2n3-c2ccc(C(C)(C)c3ccccc3)cc2)cc1. The summed E-state index contributed by atoms with van der Waals surface area (Å²) in [5.41, 5.74) is 12.1. The van der Waals surface area contributed by atoms with Crippen LogP contribution in [0.4, 0.5) is 17.1 Å². The van der Waals surface area contributed by atoms with Gasteiger partial charge in [0.15, 0.2) is 0 Å². The Morgan fingerprint density at radius 1 is 0.465 bits per heavy atom. The fourth-order valence-electron chi connectivity index (χ4n) is 6.26.